The second-order valence-electron chi connectivity index (χ2n) is 10.9. The molecule has 2 saturated heterocycles. The Kier molecular flexibility index (Phi) is 5.82. The number of carboxylic acids is 1. The van der Waals surface area contributed by atoms with Crippen molar-refractivity contribution in [3.8, 4) is 11.1 Å². The Labute approximate surface area is 205 Å². The van der Waals surface area contributed by atoms with Crippen LogP contribution in [0.4, 0.5) is 4.79 Å². The summed E-state index contributed by atoms with van der Waals surface area (Å²) in [5.41, 5.74) is 3.07. The summed E-state index contributed by atoms with van der Waals surface area (Å²) >= 11 is 0. The number of carbonyl (C=O) groups excluding carboxylic acids is 2. The van der Waals surface area contributed by atoms with Crippen molar-refractivity contribution in [1.82, 2.24) is 10.2 Å². The van der Waals surface area contributed by atoms with Crippen LogP contribution in [-0.4, -0.2) is 52.7 Å². The number of ether oxygens (including phenoxy) is 1. The van der Waals surface area contributed by atoms with Crippen molar-refractivity contribution < 1.29 is 24.2 Å². The molecule has 0 saturated carbocycles. The molecule has 2 aromatic carbocycles. The van der Waals surface area contributed by atoms with Crippen LogP contribution in [0.3, 0.4) is 0 Å². The van der Waals surface area contributed by atoms with Crippen LogP contribution in [0.5, 0.6) is 0 Å². The largest absolute Gasteiger partial charge is 0.479 e. The number of nitrogens with one attached hydrogen (secondary N) is 1. The van der Waals surface area contributed by atoms with Gasteiger partial charge in [0.2, 0.25) is 5.91 Å². The third-order valence-electron chi connectivity index (χ3n) is 7.96. The molecule has 2 N–H and O–H groups in total. The van der Waals surface area contributed by atoms with E-state index in [2.05, 4.69) is 29.6 Å². The summed E-state index contributed by atoms with van der Waals surface area (Å²) in [5, 5.41) is 12.6. The van der Waals surface area contributed by atoms with Gasteiger partial charge in [-0.2, -0.15) is 0 Å². The van der Waals surface area contributed by atoms with E-state index in [1.807, 2.05) is 38.1 Å². The van der Waals surface area contributed by atoms with Gasteiger partial charge in [0, 0.05) is 24.9 Å². The molecule has 3 aliphatic rings. The molecule has 7 nitrogen and oxygen atoms in total. The molecule has 2 bridgehead atoms. The van der Waals surface area contributed by atoms with E-state index in [0.717, 1.165) is 24.0 Å². The summed E-state index contributed by atoms with van der Waals surface area (Å²) in [7, 11) is 0. The van der Waals surface area contributed by atoms with Crippen molar-refractivity contribution >= 4 is 18.0 Å². The maximum atomic E-state index is 13.1. The average Bonchev–Trinajstić information content (AvgIpc) is 3.50. The van der Waals surface area contributed by atoms with Gasteiger partial charge in [0.1, 0.15) is 12.1 Å². The highest BCUT2D eigenvalue weighted by Gasteiger charge is 2.58. The summed E-state index contributed by atoms with van der Waals surface area (Å²) in [6.07, 6.45) is 2.19. The van der Waals surface area contributed by atoms with E-state index in [0.29, 0.717) is 12.8 Å². The third-order valence-corrected chi connectivity index (χ3v) is 7.96. The first-order valence-electron chi connectivity index (χ1n) is 12.4. The SMILES string of the molecule is CC(C)(CNC(=O)OCC1c2ccccc2-c2ccccc21)CC(=O)N1C2CCC1(C(=O)O)CC2. The van der Waals surface area contributed by atoms with Crippen LogP contribution < -0.4 is 5.32 Å². The van der Waals surface area contributed by atoms with Crippen LogP contribution in [0.1, 0.15) is 63.0 Å². The maximum absolute atomic E-state index is 13.1. The number of benzene rings is 2. The van der Waals surface area contributed by atoms with Crippen LogP contribution in [0.25, 0.3) is 11.1 Å². The molecular formula is C28H32N2O5. The lowest BCUT2D eigenvalue weighted by Gasteiger charge is -2.34. The van der Waals surface area contributed by atoms with Crippen LogP contribution in [0.2, 0.25) is 0 Å². The van der Waals surface area contributed by atoms with Gasteiger partial charge >= 0.3 is 12.1 Å². The number of rotatable bonds is 7. The lowest BCUT2D eigenvalue weighted by Crippen LogP contribution is -2.52. The van der Waals surface area contributed by atoms with E-state index in [4.69, 9.17) is 4.74 Å². The molecule has 2 heterocycles. The molecule has 0 spiro atoms. The van der Waals surface area contributed by atoms with Gasteiger partial charge in [-0.3, -0.25) is 4.79 Å². The van der Waals surface area contributed by atoms with E-state index < -0.39 is 23.0 Å². The lowest BCUT2D eigenvalue weighted by molar-refractivity contribution is -0.156. The molecule has 2 fully saturated rings. The number of carboxylic acid groups (broad SMARTS) is 1. The zero-order valence-electron chi connectivity index (χ0n) is 20.3. The van der Waals surface area contributed by atoms with Crippen LogP contribution in [0, 0.1) is 5.41 Å². The molecule has 2 aliphatic heterocycles. The second-order valence-corrected chi connectivity index (χ2v) is 10.9. The molecule has 0 unspecified atom stereocenters. The Hall–Kier alpha value is -3.35. The smallest absolute Gasteiger partial charge is 0.407 e. The molecule has 1 aliphatic carbocycles. The zero-order valence-corrected chi connectivity index (χ0v) is 20.3. The predicted octanol–water partition coefficient (Wildman–Crippen LogP) is 4.55. The summed E-state index contributed by atoms with van der Waals surface area (Å²) in [5.74, 6) is -1.06. The van der Waals surface area contributed by atoms with Crippen molar-refractivity contribution in [1.29, 1.82) is 0 Å². The van der Waals surface area contributed by atoms with Crippen molar-refractivity contribution in [2.75, 3.05) is 13.2 Å². The molecule has 2 aromatic rings. The zero-order chi connectivity index (χ0) is 24.8. The van der Waals surface area contributed by atoms with E-state index in [1.165, 1.54) is 11.1 Å². The first-order chi connectivity index (χ1) is 16.7. The number of aliphatic carboxylic acids is 1. The third kappa shape index (κ3) is 4.07. The minimum absolute atomic E-state index is 0.0133. The topological polar surface area (TPSA) is 95.9 Å². The summed E-state index contributed by atoms with van der Waals surface area (Å²) in [6, 6.07) is 16.4. The molecule has 184 valence electrons. The molecule has 0 aromatic heterocycles. The average molecular weight is 477 g/mol. The predicted molar refractivity (Wildman–Crippen MR) is 131 cm³/mol. The van der Waals surface area contributed by atoms with Gasteiger partial charge in [-0.15, -0.1) is 0 Å². The van der Waals surface area contributed by atoms with Gasteiger partial charge in [-0.25, -0.2) is 9.59 Å². The highest BCUT2D eigenvalue weighted by Crippen LogP contribution is 2.47. The maximum Gasteiger partial charge on any atom is 0.407 e. The minimum Gasteiger partial charge on any atom is -0.479 e. The first-order valence-corrected chi connectivity index (χ1v) is 12.4. The Morgan fingerprint density at radius 1 is 1.03 bits per heavy atom. The number of carbonyl (C=O) groups is 3. The monoisotopic (exact) mass is 476 g/mol. The molecule has 5 rings (SSSR count). The summed E-state index contributed by atoms with van der Waals surface area (Å²) < 4.78 is 5.61. The molecule has 35 heavy (non-hydrogen) atoms. The standard InChI is InChI=1S/C28H32N2O5/c1-27(2,15-24(31)30-18-11-13-28(30,14-12-18)25(32)33)17-29-26(34)35-16-23-21-9-5-3-7-19(21)20-8-4-6-10-22(20)23/h3-10,18,23H,11-17H2,1-2H3,(H,29,34)(H,32,33). The fourth-order valence-corrected chi connectivity index (χ4v) is 6.21. The number of nitrogens with zero attached hydrogens (tertiary/aromatic N) is 1. The Bertz CT molecular complexity index is 1120. The van der Waals surface area contributed by atoms with Crippen molar-refractivity contribution in [3.05, 3.63) is 59.7 Å². The molecular weight excluding hydrogens is 444 g/mol. The van der Waals surface area contributed by atoms with E-state index in [9.17, 15) is 19.5 Å². The van der Waals surface area contributed by atoms with Crippen molar-refractivity contribution in [2.45, 2.75) is 63.5 Å². The van der Waals surface area contributed by atoms with Crippen molar-refractivity contribution in [3.63, 3.8) is 0 Å². The Balaban J connectivity index is 1.17. The second kappa shape index (κ2) is 8.70. The van der Waals surface area contributed by atoms with Crippen molar-refractivity contribution in [2.24, 2.45) is 5.41 Å². The fraction of sp³-hybridized carbons (Fsp3) is 0.464. The quantitative estimate of drug-likeness (QED) is 0.611. The van der Waals surface area contributed by atoms with Gasteiger partial charge < -0.3 is 20.1 Å². The molecule has 2 amide bonds. The number of alkyl carbamates (subject to hydrolysis) is 1. The van der Waals surface area contributed by atoms with Crippen LogP contribution in [-0.2, 0) is 14.3 Å². The molecule has 7 heteroatoms. The lowest BCUT2D eigenvalue weighted by atomic mass is 9.86. The van der Waals surface area contributed by atoms with Crippen LogP contribution >= 0.6 is 0 Å². The summed E-state index contributed by atoms with van der Waals surface area (Å²) in [6.45, 7) is 4.30. The van der Waals surface area contributed by atoms with Gasteiger partial charge in [-0.1, -0.05) is 62.4 Å². The van der Waals surface area contributed by atoms with Gasteiger partial charge in [-0.05, 0) is 53.4 Å². The highest BCUT2D eigenvalue weighted by atomic mass is 16.5. The highest BCUT2D eigenvalue weighted by molar-refractivity contribution is 5.89. The molecule has 0 atom stereocenters. The van der Waals surface area contributed by atoms with Gasteiger partial charge in [0.05, 0.1) is 0 Å². The fourth-order valence-electron chi connectivity index (χ4n) is 6.21. The van der Waals surface area contributed by atoms with E-state index >= 15 is 0 Å². The number of hydrogen-bond donors (Lipinski definition) is 2. The van der Waals surface area contributed by atoms with Gasteiger partial charge in [0.15, 0.2) is 0 Å². The number of hydrogen-bond acceptors (Lipinski definition) is 4. The number of amides is 2. The minimum atomic E-state index is -1.04. The number of fused-ring (bicyclic) bond motifs is 5. The van der Waals surface area contributed by atoms with E-state index in [-0.39, 0.29) is 37.4 Å². The Morgan fingerprint density at radius 2 is 1.60 bits per heavy atom. The molecule has 0 radical (unpaired) electrons. The first kappa shape index (κ1) is 23.4. The Morgan fingerprint density at radius 3 is 2.17 bits per heavy atom. The normalized spacial score (nSPS) is 22.6. The van der Waals surface area contributed by atoms with Gasteiger partial charge in [0.25, 0.3) is 0 Å². The summed E-state index contributed by atoms with van der Waals surface area (Å²) in [4.78, 5) is 39.2. The van der Waals surface area contributed by atoms with E-state index in [1.54, 1.807) is 4.90 Å². The van der Waals surface area contributed by atoms with Crippen LogP contribution in [0.15, 0.2) is 48.5 Å².